The largest absolute Gasteiger partial charge is 0.393 e. The maximum Gasteiger partial charge on any atom is 0.165 e. The van der Waals surface area contributed by atoms with Crippen LogP contribution in [0.2, 0.25) is 5.02 Å². The third-order valence-electron chi connectivity index (χ3n) is 8.36. The molecule has 0 aliphatic heterocycles. The molecule has 6 rings (SSSR count). The molecule has 2 aliphatic rings. The number of fused-ring (bicyclic) bond motifs is 1. The lowest BCUT2D eigenvalue weighted by atomic mass is 9.89. The number of rotatable bonds is 11. The Morgan fingerprint density at radius 1 is 0.977 bits per heavy atom. The van der Waals surface area contributed by atoms with Gasteiger partial charge in [-0.05, 0) is 60.1 Å². The molecule has 0 unspecified atom stereocenters. The molecule has 2 aliphatic carbocycles. The molecule has 0 saturated heterocycles. The molecule has 2 heterocycles. The summed E-state index contributed by atoms with van der Waals surface area (Å²) in [6, 6.07) is 18.7. The second-order valence-corrected chi connectivity index (χ2v) is 12.2. The predicted octanol–water partition coefficient (Wildman–Crippen LogP) is 6.12. The summed E-state index contributed by atoms with van der Waals surface area (Å²) in [6.07, 6.45) is 6.34. The zero-order valence-corrected chi connectivity index (χ0v) is 25.3. The van der Waals surface area contributed by atoms with Gasteiger partial charge in [0, 0.05) is 41.5 Å². The van der Waals surface area contributed by atoms with Crippen molar-refractivity contribution in [1.82, 2.24) is 25.2 Å². The van der Waals surface area contributed by atoms with Gasteiger partial charge in [-0.15, -0.1) is 5.10 Å². The van der Waals surface area contributed by atoms with Gasteiger partial charge in [-0.25, -0.2) is 9.50 Å². The number of aromatic nitrogens is 3. The van der Waals surface area contributed by atoms with E-state index in [0.29, 0.717) is 51.3 Å². The van der Waals surface area contributed by atoms with Crippen molar-refractivity contribution in [2.75, 3.05) is 0 Å². The Labute approximate surface area is 261 Å². The van der Waals surface area contributed by atoms with Crippen LogP contribution < -0.4 is 10.6 Å². The molecule has 2 aromatic heterocycles. The second-order valence-electron chi connectivity index (χ2n) is 11.4. The fourth-order valence-electron chi connectivity index (χ4n) is 5.57. The minimum atomic E-state index is -0.205. The van der Waals surface area contributed by atoms with Crippen LogP contribution in [-0.2, 0) is 13.1 Å². The van der Waals surface area contributed by atoms with Gasteiger partial charge >= 0.3 is 0 Å². The molecule has 2 fully saturated rings. The Morgan fingerprint density at radius 3 is 2.30 bits per heavy atom. The standard InChI is InChI=1S/C34H35Cl2N5O2/c1-3-28(30-6-4-5-29(34(30)36)22-9-7-21(8-10-22)18-37-24-14-26(42)15-24)33(35)20(2)23-11-12-41-32(13-23)39-31(40-41)19-38-25-16-27(43)17-25/h3-13,24-27,37-38,42-43H,1-2,14-19H2/b33-28-. The van der Waals surface area contributed by atoms with E-state index < -0.39 is 0 Å². The minimum Gasteiger partial charge on any atom is -0.393 e. The van der Waals surface area contributed by atoms with E-state index in [0.717, 1.165) is 54.5 Å². The Balaban J connectivity index is 1.19. The average molecular weight is 617 g/mol. The molecule has 9 heteroatoms. The Bertz CT molecular complexity index is 1680. The molecule has 7 nitrogen and oxygen atoms in total. The smallest absolute Gasteiger partial charge is 0.165 e. The van der Waals surface area contributed by atoms with E-state index >= 15 is 0 Å². The zero-order valence-electron chi connectivity index (χ0n) is 23.8. The Kier molecular flexibility index (Phi) is 8.82. The molecule has 0 spiro atoms. The van der Waals surface area contributed by atoms with E-state index in [9.17, 15) is 10.2 Å². The van der Waals surface area contributed by atoms with E-state index in [1.54, 1.807) is 10.6 Å². The molecule has 2 saturated carbocycles. The third-order valence-corrected chi connectivity index (χ3v) is 9.20. The van der Waals surface area contributed by atoms with Crippen molar-refractivity contribution >= 4 is 40.0 Å². The molecule has 4 aromatic rings. The number of nitrogens with one attached hydrogen (secondary N) is 2. The molecular formula is C34H35Cl2N5O2. The molecular weight excluding hydrogens is 581 g/mol. The van der Waals surface area contributed by atoms with Crippen LogP contribution in [0.1, 0.15) is 48.2 Å². The third kappa shape index (κ3) is 6.48. The van der Waals surface area contributed by atoms with Gasteiger partial charge in [-0.2, -0.15) is 0 Å². The van der Waals surface area contributed by atoms with Gasteiger partial charge in [0.15, 0.2) is 11.5 Å². The van der Waals surface area contributed by atoms with Crippen LogP contribution in [0, 0.1) is 0 Å². The summed E-state index contributed by atoms with van der Waals surface area (Å²) < 4.78 is 1.73. The van der Waals surface area contributed by atoms with Crippen LogP contribution in [0.4, 0.5) is 0 Å². The number of allylic oxidation sites excluding steroid dienone is 4. The minimum absolute atomic E-state index is 0.165. The summed E-state index contributed by atoms with van der Waals surface area (Å²) in [6.45, 7) is 9.62. The predicted molar refractivity (Wildman–Crippen MR) is 174 cm³/mol. The molecule has 0 radical (unpaired) electrons. The highest BCUT2D eigenvalue weighted by molar-refractivity contribution is 6.42. The summed E-state index contributed by atoms with van der Waals surface area (Å²) in [5.41, 5.74) is 6.68. The van der Waals surface area contributed by atoms with E-state index in [1.165, 1.54) is 5.56 Å². The molecule has 2 aromatic carbocycles. The molecule has 222 valence electrons. The maximum absolute atomic E-state index is 9.50. The van der Waals surface area contributed by atoms with E-state index in [1.807, 2.05) is 36.5 Å². The zero-order chi connectivity index (χ0) is 30.1. The average Bonchev–Trinajstić information content (AvgIpc) is 3.39. The van der Waals surface area contributed by atoms with E-state index in [2.05, 4.69) is 58.1 Å². The van der Waals surface area contributed by atoms with Crippen molar-refractivity contribution in [3.63, 3.8) is 0 Å². The first-order valence-electron chi connectivity index (χ1n) is 14.6. The SMILES string of the molecule is C=C/C(=C(/Cl)C(=C)c1ccn2nc(CNC3CC(O)C3)nc2c1)c1cccc(-c2ccc(CNC3CC(O)C3)cc2)c1Cl. The first-order chi connectivity index (χ1) is 20.8. The van der Waals surface area contributed by atoms with E-state index in [4.69, 9.17) is 23.2 Å². The topological polar surface area (TPSA) is 94.7 Å². The fraction of sp³-hybridized carbons (Fsp3) is 0.294. The van der Waals surface area contributed by atoms with Crippen molar-refractivity contribution in [2.24, 2.45) is 0 Å². The highest BCUT2D eigenvalue weighted by Gasteiger charge is 2.27. The van der Waals surface area contributed by atoms with Gasteiger partial charge in [-0.1, -0.05) is 84.9 Å². The number of pyridine rings is 1. The van der Waals surface area contributed by atoms with Crippen LogP contribution in [0.25, 0.3) is 27.9 Å². The van der Waals surface area contributed by atoms with Crippen molar-refractivity contribution in [3.8, 4) is 11.1 Å². The van der Waals surface area contributed by atoms with Crippen molar-refractivity contribution in [2.45, 2.75) is 63.1 Å². The molecule has 0 bridgehead atoms. The second kappa shape index (κ2) is 12.7. The number of aliphatic hydroxyl groups is 2. The van der Waals surface area contributed by atoms with Crippen LogP contribution in [0.5, 0.6) is 0 Å². The lowest BCUT2D eigenvalue weighted by Crippen LogP contribution is -2.43. The summed E-state index contributed by atoms with van der Waals surface area (Å²) in [5.74, 6) is 0.684. The quantitative estimate of drug-likeness (QED) is 0.152. The van der Waals surface area contributed by atoms with E-state index in [-0.39, 0.29) is 12.2 Å². The Morgan fingerprint density at radius 2 is 1.65 bits per heavy atom. The number of hydrogen-bond acceptors (Lipinski definition) is 6. The molecule has 43 heavy (non-hydrogen) atoms. The van der Waals surface area contributed by atoms with Crippen molar-refractivity contribution < 1.29 is 10.2 Å². The van der Waals surface area contributed by atoms with Gasteiger partial charge in [0.2, 0.25) is 0 Å². The molecule has 0 atom stereocenters. The van der Waals surface area contributed by atoms with Gasteiger partial charge < -0.3 is 20.8 Å². The van der Waals surface area contributed by atoms with Crippen LogP contribution >= 0.6 is 23.2 Å². The van der Waals surface area contributed by atoms with Crippen LogP contribution in [-0.4, -0.2) is 49.1 Å². The number of nitrogens with zero attached hydrogens (tertiary/aromatic N) is 3. The van der Waals surface area contributed by atoms with Gasteiger partial charge in [-0.3, -0.25) is 0 Å². The summed E-state index contributed by atoms with van der Waals surface area (Å²) >= 11 is 14.0. The lowest BCUT2D eigenvalue weighted by Gasteiger charge is -2.32. The van der Waals surface area contributed by atoms with Crippen LogP contribution in [0.3, 0.4) is 0 Å². The summed E-state index contributed by atoms with van der Waals surface area (Å²) in [4.78, 5) is 4.65. The van der Waals surface area contributed by atoms with Gasteiger partial charge in [0.25, 0.3) is 0 Å². The Hall–Kier alpha value is -3.30. The number of hydrogen-bond donors (Lipinski definition) is 4. The normalized spacial score (nSPS) is 22.0. The van der Waals surface area contributed by atoms with Gasteiger partial charge in [0.1, 0.15) is 0 Å². The van der Waals surface area contributed by atoms with Crippen LogP contribution in [0.15, 0.2) is 85.1 Å². The summed E-state index contributed by atoms with van der Waals surface area (Å²) in [7, 11) is 0. The first kappa shape index (κ1) is 29.8. The van der Waals surface area contributed by atoms with Crippen molar-refractivity contribution in [1.29, 1.82) is 0 Å². The number of aliphatic hydroxyl groups excluding tert-OH is 2. The summed E-state index contributed by atoms with van der Waals surface area (Å²) in [5, 5.41) is 31.5. The first-order valence-corrected chi connectivity index (χ1v) is 15.3. The van der Waals surface area contributed by atoms with Gasteiger partial charge in [0.05, 0.1) is 28.8 Å². The molecule has 4 N–H and O–H groups in total. The van der Waals surface area contributed by atoms with Crippen molar-refractivity contribution in [3.05, 3.63) is 113 Å². The monoisotopic (exact) mass is 615 g/mol. The maximum atomic E-state index is 9.50. The molecule has 0 amide bonds. The fourth-order valence-corrected chi connectivity index (χ4v) is 6.19. The lowest BCUT2D eigenvalue weighted by molar-refractivity contribution is 0.0614. The highest BCUT2D eigenvalue weighted by atomic mass is 35.5. The number of halogens is 2. The number of benzene rings is 2. The highest BCUT2D eigenvalue weighted by Crippen LogP contribution is 2.39.